The van der Waals surface area contributed by atoms with E-state index >= 15 is 0 Å². The molecule has 3 N–H and O–H groups in total. The molecular weight excluding hydrogens is 304 g/mol. The SMILES string of the molecule is CCCCCCCCCCCCNCC(O)COCCNC(C)=O. The molecule has 144 valence electrons. The van der Waals surface area contributed by atoms with Gasteiger partial charge in [0, 0.05) is 20.0 Å². The second kappa shape index (κ2) is 18.7. The number of carbonyl (C=O) groups excluding carboxylic acids is 1. The fourth-order valence-electron chi connectivity index (χ4n) is 2.58. The minimum Gasteiger partial charge on any atom is -0.389 e. The highest BCUT2D eigenvalue weighted by molar-refractivity contribution is 5.72. The van der Waals surface area contributed by atoms with Crippen LogP contribution in [0.25, 0.3) is 0 Å². The zero-order chi connectivity index (χ0) is 17.9. The van der Waals surface area contributed by atoms with Crippen LogP contribution in [0.2, 0.25) is 0 Å². The molecule has 0 saturated heterocycles. The molecular formula is C19H40N2O3. The molecule has 1 atom stereocenters. The second-order valence-corrected chi connectivity index (χ2v) is 6.60. The summed E-state index contributed by atoms with van der Waals surface area (Å²) in [5, 5.41) is 15.7. The van der Waals surface area contributed by atoms with Crippen molar-refractivity contribution in [1.82, 2.24) is 10.6 Å². The van der Waals surface area contributed by atoms with Gasteiger partial charge in [-0.1, -0.05) is 64.7 Å². The highest BCUT2D eigenvalue weighted by Gasteiger charge is 2.03. The van der Waals surface area contributed by atoms with Crippen LogP contribution in [0.5, 0.6) is 0 Å². The van der Waals surface area contributed by atoms with Crippen molar-refractivity contribution >= 4 is 5.91 Å². The largest absolute Gasteiger partial charge is 0.389 e. The summed E-state index contributed by atoms with van der Waals surface area (Å²) in [5.41, 5.74) is 0. The average Bonchev–Trinajstić information content (AvgIpc) is 2.55. The molecule has 0 saturated carbocycles. The van der Waals surface area contributed by atoms with E-state index in [1.807, 2.05) is 0 Å². The fourth-order valence-corrected chi connectivity index (χ4v) is 2.58. The molecule has 5 heteroatoms. The van der Waals surface area contributed by atoms with Gasteiger partial charge in [0.15, 0.2) is 0 Å². The number of amides is 1. The van der Waals surface area contributed by atoms with Crippen LogP contribution in [0.15, 0.2) is 0 Å². The lowest BCUT2D eigenvalue weighted by molar-refractivity contribution is -0.119. The maximum Gasteiger partial charge on any atom is 0.216 e. The molecule has 1 amide bonds. The molecule has 1 unspecified atom stereocenters. The number of unbranched alkanes of at least 4 members (excludes halogenated alkanes) is 9. The summed E-state index contributed by atoms with van der Waals surface area (Å²) in [4.78, 5) is 10.7. The molecule has 0 rings (SSSR count). The normalized spacial score (nSPS) is 12.3. The Bertz CT molecular complexity index is 275. The van der Waals surface area contributed by atoms with Crippen molar-refractivity contribution in [3.8, 4) is 0 Å². The molecule has 0 aromatic rings. The van der Waals surface area contributed by atoms with Crippen molar-refractivity contribution in [2.75, 3.05) is 32.8 Å². The van der Waals surface area contributed by atoms with Crippen LogP contribution in [-0.4, -0.2) is 50.0 Å². The van der Waals surface area contributed by atoms with Crippen molar-refractivity contribution in [3.05, 3.63) is 0 Å². The molecule has 0 aliphatic rings. The van der Waals surface area contributed by atoms with E-state index in [4.69, 9.17) is 4.74 Å². The van der Waals surface area contributed by atoms with E-state index in [0.29, 0.717) is 26.3 Å². The molecule has 0 fully saturated rings. The highest BCUT2D eigenvalue weighted by atomic mass is 16.5. The Morgan fingerprint density at radius 1 is 0.958 bits per heavy atom. The monoisotopic (exact) mass is 344 g/mol. The molecule has 0 radical (unpaired) electrons. The number of aliphatic hydroxyl groups is 1. The van der Waals surface area contributed by atoms with Crippen LogP contribution in [0.4, 0.5) is 0 Å². The zero-order valence-electron chi connectivity index (χ0n) is 15.9. The van der Waals surface area contributed by atoms with E-state index in [0.717, 1.165) is 6.54 Å². The number of carbonyl (C=O) groups is 1. The first kappa shape index (κ1) is 23.4. The Kier molecular flexibility index (Phi) is 18.2. The van der Waals surface area contributed by atoms with Gasteiger partial charge in [0.1, 0.15) is 0 Å². The third-order valence-electron chi connectivity index (χ3n) is 4.02. The van der Waals surface area contributed by atoms with Crippen molar-refractivity contribution in [3.63, 3.8) is 0 Å². The van der Waals surface area contributed by atoms with Gasteiger partial charge in [-0.25, -0.2) is 0 Å². The van der Waals surface area contributed by atoms with E-state index in [2.05, 4.69) is 17.6 Å². The molecule has 0 heterocycles. The number of ether oxygens (including phenoxy) is 1. The predicted octanol–water partition coefficient (Wildman–Crippen LogP) is 3.01. The number of hydrogen-bond acceptors (Lipinski definition) is 4. The van der Waals surface area contributed by atoms with Gasteiger partial charge < -0.3 is 20.5 Å². The minimum absolute atomic E-state index is 0.0580. The van der Waals surface area contributed by atoms with Crippen LogP contribution < -0.4 is 10.6 Å². The maximum absolute atomic E-state index is 10.7. The van der Waals surface area contributed by atoms with E-state index in [9.17, 15) is 9.90 Å². The predicted molar refractivity (Wildman–Crippen MR) is 100 cm³/mol. The van der Waals surface area contributed by atoms with Crippen LogP contribution in [0.3, 0.4) is 0 Å². The van der Waals surface area contributed by atoms with E-state index in [1.165, 1.54) is 71.1 Å². The van der Waals surface area contributed by atoms with Crippen LogP contribution in [-0.2, 0) is 9.53 Å². The topological polar surface area (TPSA) is 70.6 Å². The van der Waals surface area contributed by atoms with Gasteiger partial charge in [0.25, 0.3) is 0 Å². The number of aliphatic hydroxyl groups excluding tert-OH is 1. The number of hydrogen-bond donors (Lipinski definition) is 3. The lowest BCUT2D eigenvalue weighted by Crippen LogP contribution is -2.32. The molecule has 0 aromatic carbocycles. The second-order valence-electron chi connectivity index (χ2n) is 6.60. The smallest absolute Gasteiger partial charge is 0.216 e. The highest BCUT2D eigenvalue weighted by Crippen LogP contribution is 2.10. The quantitative estimate of drug-likeness (QED) is 0.334. The lowest BCUT2D eigenvalue weighted by Gasteiger charge is -2.12. The Hall–Kier alpha value is -0.650. The van der Waals surface area contributed by atoms with Crippen molar-refractivity contribution in [2.45, 2.75) is 84.2 Å². The third-order valence-corrected chi connectivity index (χ3v) is 4.02. The standard InChI is InChI=1S/C19H40N2O3/c1-3-4-5-6-7-8-9-10-11-12-13-20-16-19(23)17-24-15-14-21-18(2)22/h19-20,23H,3-17H2,1-2H3,(H,21,22). The Labute approximate surface area is 148 Å². The zero-order valence-corrected chi connectivity index (χ0v) is 15.9. The molecule has 0 aliphatic carbocycles. The molecule has 0 spiro atoms. The van der Waals surface area contributed by atoms with Gasteiger partial charge in [-0.2, -0.15) is 0 Å². The van der Waals surface area contributed by atoms with Gasteiger partial charge in [-0.05, 0) is 13.0 Å². The number of rotatable bonds is 18. The summed E-state index contributed by atoms with van der Waals surface area (Å²) in [6.45, 7) is 6.51. The molecule has 5 nitrogen and oxygen atoms in total. The molecule has 0 bridgehead atoms. The molecule has 0 aromatic heterocycles. The summed E-state index contributed by atoms with van der Waals surface area (Å²) >= 11 is 0. The van der Waals surface area contributed by atoms with Gasteiger partial charge >= 0.3 is 0 Å². The van der Waals surface area contributed by atoms with E-state index in [1.54, 1.807) is 0 Å². The third kappa shape index (κ3) is 19.4. The summed E-state index contributed by atoms with van der Waals surface area (Å²) < 4.78 is 5.30. The van der Waals surface area contributed by atoms with Crippen LogP contribution in [0.1, 0.15) is 78.1 Å². The van der Waals surface area contributed by atoms with Gasteiger partial charge in [-0.3, -0.25) is 4.79 Å². The van der Waals surface area contributed by atoms with Gasteiger partial charge in [0.2, 0.25) is 5.91 Å². The lowest BCUT2D eigenvalue weighted by atomic mass is 10.1. The van der Waals surface area contributed by atoms with Crippen LogP contribution in [0, 0.1) is 0 Å². The first-order chi connectivity index (χ1) is 11.7. The van der Waals surface area contributed by atoms with E-state index in [-0.39, 0.29) is 5.91 Å². The van der Waals surface area contributed by atoms with Crippen molar-refractivity contribution < 1.29 is 14.6 Å². The summed E-state index contributed by atoms with van der Waals surface area (Å²) in [6, 6.07) is 0. The first-order valence-corrected chi connectivity index (χ1v) is 9.87. The van der Waals surface area contributed by atoms with Gasteiger partial charge in [-0.15, -0.1) is 0 Å². The van der Waals surface area contributed by atoms with Gasteiger partial charge in [0.05, 0.1) is 19.3 Å². The Balaban J connectivity index is 3.14. The van der Waals surface area contributed by atoms with E-state index < -0.39 is 6.10 Å². The summed E-state index contributed by atoms with van der Waals surface area (Å²) in [7, 11) is 0. The maximum atomic E-state index is 10.7. The first-order valence-electron chi connectivity index (χ1n) is 9.87. The minimum atomic E-state index is -0.481. The fraction of sp³-hybridized carbons (Fsp3) is 0.947. The summed E-state index contributed by atoms with van der Waals surface area (Å²) in [6.07, 6.45) is 12.9. The average molecular weight is 345 g/mol. The summed E-state index contributed by atoms with van der Waals surface area (Å²) in [5.74, 6) is -0.0580. The number of nitrogens with one attached hydrogen (secondary N) is 2. The Morgan fingerprint density at radius 3 is 2.12 bits per heavy atom. The molecule has 24 heavy (non-hydrogen) atoms. The molecule has 0 aliphatic heterocycles. The van der Waals surface area contributed by atoms with Crippen molar-refractivity contribution in [1.29, 1.82) is 0 Å². The van der Waals surface area contributed by atoms with Crippen LogP contribution >= 0.6 is 0 Å². The Morgan fingerprint density at radius 2 is 1.54 bits per heavy atom. The van der Waals surface area contributed by atoms with Crippen molar-refractivity contribution in [2.24, 2.45) is 0 Å².